The van der Waals surface area contributed by atoms with Crippen LogP contribution in [0.3, 0.4) is 0 Å². The molecule has 122 valence electrons. The number of nitrogens with zero attached hydrogens (tertiary/aromatic N) is 1. The van der Waals surface area contributed by atoms with Gasteiger partial charge in [0, 0.05) is 24.8 Å². The van der Waals surface area contributed by atoms with Crippen molar-refractivity contribution < 1.29 is 17.9 Å². The van der Waals surface area contributed by atoms with E-state index in [1.807, 2.05) is 6.92 Å². The third-order valence-corrected chi connectivity index (χ3v) is 7.11. The summed E-state index contributed by atoms with van der Waals surface area (Å²) in [6.45, 7) is 3.63. The van der Waals surface area contributed by atoms with Gasteiger partial charge >= 0.3 is 6.09 Å². The van der Waals surface area contributed by atoms with E-state index in [1.165, 1.54) is 0 Å². The minimum absolute atomic E-state index is 0.210. The normalized spacial score (nSPS) is 15.4. The summed E-state index contributed by atoms with van der Waals surface area (Å²) >= 11 is 0. The van der Waals surface area contributed by atoms with Crippen molar-refractivity contribution in [2.24, 2.45) is 5.92 Å². The molecule has 22 heavy (non-hydrogen) atoms. The van der Waals surface area contributed by atoms with Gasteiger partial charge in [-0.1, -0.05) is 31.5 Å². The smallest absolute Gasteiger partial charge is 0.409 e. The third kappa shape index (κ3) is 4.64. The molecule has 0 N–H and O–H groups in total. The first-order valence-corrected chi connectivity index (χ1v) is 10.4. The van der Waals surface area contributed by atoms with E-state index in [9.17, 15) is 13.2 Å². The van der Waals surface area contributed by atoms with Crippen LogP contribution in [0.2, 0.25) is 0 Å². The van der Waals surface area contributed by atoms with Gasteiger partial charge < -0.3 is 9.64 Å². The molecule has 1 aromatic carbocycles. The molecule has 1 aromatic rings. The molecule has 2 rings (SSSR count). The lowest BCUT2D eigenvalue weighted by molar-refractivity contribution is 0.0593. The minimum Gasteiger partial charge on any atom is -0.449 e. The first-order chi connectivity index (χ1) is 10.5. The zero-order chi connectivity index (χ0) is 16.0. The number of carbonyl (C=O) groups excluding carboxylic acids is 1. The molecule has 5 nitrogen and oxygen atoms in total. The number of hydrogen-bond acceptors (Lipinski definition) is 5. The maximum atomic E-state index is 12.1. The second kappa shape index (κ2) is 7.87. The number of rotatable bonds is 7. The number of unbranched alkanes of at least 4 members (excludes halogenated alkanes) is 1. The van der Waals surface area contributed by atoms with Crippen LogP contribution in [-0.4, -0.2) is 44.9 Å². The molecule has 0 unspecified atom stereocenters. The van der Waals surface area contributed by atoms with Crippen molar-refractivity contribution in [3.8, 4) is 0 Å². The minimum atomic E-state index is -3.30. The molecule has 1 heterocycles. The van der Waals surface area contributed by atoms with Crippen LogP contribution in [0.5, 0.6) is 0 Å². The van der Waals surface area contributed by atoms with Gasteiger partial charge in [0.1, 0.15) is 0 Å². The molecule has 1 saturated heterocycles. The van der Waals surface area contributed by atoms with E-state index in [0.29, 0.717) is 30.3 Å². The Bertz CT molecular complexity index is 583. The highest BCUT2D eigenvalue weighted by molar-refractivity contribution is 8.72. The van der Waals surface area contributed by atoms with Crippen LogP contribution in [0.4, 0.5) is 4.79 Å². The van der Waals surface area contributed by atoms with E-state index in [1.54, 1.807) is 35.2 Å². The predicted molar refractivity (Wildman–Crippen MR) is 87.4 cm³/mol. The lowest BCUT2D eigenvalue weighted by Crippen LogP contribution is -2.51. The SMILES string of the molecule is CCCCOC(=O)N1CC(CSS(=O)(=O)c2ccccc2)C1. The molecular weight excluding hydrogens is 322 g/mol. The molecular formula is C15H21NO4S2. The predicted octanol–water partition coefficient (Wildman–Crippen LogP) is 2.98. The summed E-state index contributed by atoms with van der Waals surface area (Å²) in [6, 6.07) is 8.41. The molecule has 0 aromatic heterocycles. The number of hydrogen-bond donors (Lipinski definition) is 0. The van der Waals surface area contributed by atoms with Crippen LogP contribution < -0.4 is 0 Å². The molecule has 0 atom stereocenters. The van der Waals surface area contributed by atoms with Crippen LogP contribution >= 0.6 is 10.8 Å². The van der Waals surface area contributed by atoms with Gasteiger partial charge in [-0.15, -0.1) is 0 Å². The van der Waals surface area contributed by atoms with Crippen molar-refractivity contribution in [1.82, 2.24) is 4.90 Å². The highest BCUT2D eigenvalue weighted by Crippen LogP contribution is 2.28. The Balaban J connectivity index is 1.71. The average Bonchev–Trinajstić information content (AvgIpc) is 2.46. The van der Waals surface area contributed by atoms with Crippen LogP contribution in [-0.2, 0) is 13.6 Å². The quantitative estimate of drug-likeness (QED) is 0.562. The molecule has 1 amide bonds. The van der Waals surface area contributed by atoms with Gasteiger partial charge in [0.05, 0.1) is 11.5 Å². The van der Waals surface area contributed by atoms with Crippen molar-refractivity contribution in [2.45, 2.75) is 24.7 Å². The topological polar surface area (TPSA) is 63.7 Å². The van der Waals surface area contributed by atoms with Crippen molar-refractivity contribution in [3.05, 3.63) is 30.3 Å². The van der Waals surface area contributed by atoms with E-state index in [4.69, 9.17) is 4.74 Å². The van der Waals surface area contributed by atoms with Gasteiger partial charge in [-0.25, -0.2) is 13.2 Å². The molecule has 0 aliphatic carbocycles. The van der Waals surface area contributed by atoms with Crippen LogP contribution in [0, 0.1) is 5.92 Å². The summed E-state index contributed by atoms with van der Waals surface area (Å²) in [7, 11) is -2.36. The second-order valence-electron chi connectivity index (χ2n) is 5.29. The summed E-state index contributed by atoms with van der Waals surface area (Å²) in [6.07, 6.45) is 1.57. The Hall–Kier alpha value is -1.21. The zero-order valence-electron chi connectivity index (χ0n) is 12.6. The zero-order valence-corrected chi connectivity index (χ0v) is 14.2. The number of amides is 1. The van der Waals surface area contributed by atoms with Gasteiger partial charge in [0.25, 0.3) is 0 Å². The van der Waals surface area contributed by atoms with E-state index >= 15 is 0 Å². The maximum Gasteiger partial charge on any atom is 0.409 e. The van der Waals surface area contributed by atoms with E-state index in [0.717, 1.165) is 23.6 Å². The molecule has 7 heteroatoms. The Morgan fingerprint density at radius 3 is 2.64 bits per heavy atom. The van der Waals surface area contributed by atoms with Crippen molar-refractivity contribution in [3.63, 3.8) is 0 Å². The van der Waals surface area contributed by atoms with Crippen molar-refractivity contribution >= 4 is 25.8 Å². The maximum absolute atomic E-state index is 12.1. The van der Waals surface area contributed by atoms with Gasteiger partial charge in [-0.3, -0.25) is 0 Å². The summed E-state index contributed by atoms with van der Waals surface area (Å²) in [4.78, 5) is 13.6. The summed E-state index contributed by atoms with van der Waals surface area (Å²) < 4.78 is 29.4. The van der Waals surface area contributed by atoms with Gasteiger partial charge in [0.15, 0.2) is 0 Å². The van der Waals surface area contributed by atoms with Crippen LogP contribution in [0.25, 0.3) is 0 Å². The number of benzene rings is 1. The monoisotopic (exact) mass is 343 g/mol. The van der Waals surface area contributed by atoms with Gasteiger partial charge in [-0.2, -0.15) is 0 Å². The van der Waals surface area contributed by atoms with Gasteiger partial charge in [0.2, 0.25) is 8.87 Å². The highest BCUT2D eigenvalue weighted by atomic mass is 33.1. The number of carbonyl (C=O) groups is 1. The largest absolute Gasteiger partial charge is 0.449 e. The fraction of sp³-hybridized carbons (Fsp3) is 0.533. The fourth-order valence-corrected chi connectivity index (χ4v) is 5.13. The molecule has 0 saturated carbocycles. The third-order valence-electron chi connectivity index (χ3n) is 3.43. The Kier molecular flexibility index (Phi) is 6.14. The number of likely N-dealkylation sites (tertiary alicyclic amines) is 1. The van der Waals surface area contributed by atoms with Crippen molar-refractivity contribution in [2.75, 3.05) is 25.4 Å². The van der Waals surface area contributed by atoms with E-state index < -0.39 is 8.87 Å². The van der Waals surface area contributed by atoms with Crippen LogP contribution in [0.1, 0.15) is 19.8 Å². The molecule has 0 radical (unpaired) electrons. The lowest BCUT2D eigenvalue weighted by atomic mass is 10.0. The summed E-state index contributed by atoms with van der Waals surface area (Å²) in [5.41, 5.74) is 0. The second-order valence-corrected chi connectivity index (χ2v) is 9.26. The molecule has 1 aliphatic heterocycles. The Morgan fingerprint density at radius 2 is 2.00 bits per heavy atom. The molecule has 1 aliphatic rings. The standard InChI is InChI=1S/C15H21NO4S2/c1-2-3-9-20-15(17)16-10-13(11-16)12-21-22(18,19)14-7-5-4-6-8-14/h4-8,13H,2-3,9-12H2,1H3. The summed E-state index contributed by atoms with van der Waals surface area (Å²) in [5, 5.41) is 0. The van der Waals surface area contributed by atoms with E-state index in [2.05, 4.69) is 0 Å². The molecule has 1 fully saturated rings. The lowest BCUT2D eigenvalue weighted by Gasteiger charge is -2.37. The molecule has 0 spiro atoms. The first-order valence-electron chi connectivity index (χ1n) is 7.39. The summed E-state index contributed by atoms with van der Waals surface area (Å²) in [5.74, 6) is 0.706. The fourth-order valence-electron chi connectivity index (χ4n) is 2.06. The average molecular weight is 343 g/mol. The van der Waals surface area contributed by atoms with Crippen molar-refractivity contribution in [1.29, 1.82) is 0 Å². The Morgan fingerprint density at radius 1 is 1.32 bits per heavy atom. The van der Waals surface area contributed by atoms with Gasteiger partial charge in [-0.05, 0) is 29.3 Å². The Labute approximate surface area is 135 Å². The highest BCUT2D eigenvalue weighted by Gasteiger charge is 2.33. The number of ether oxygens (including phenoxy) is 1. The van der Waals surface area contributed by atoms with Crippen LogP contribution in [0.15, 0.2) is 35.2 Å². The molecule has 0 bridgehead atoms. The van der Waals surface area contributed by atoms with E-state index in [-0.39, 0.29) is 12.0 Å². The first kappa shape index (κ1) is 17.1.